The molecule has 2 atom stereocenters. The molecule has 3 rings (SSSR count). The van der Waals surface area contributed by atoms with Gasteiger partial charge >= 0.3 is 0 Å². The van der Waals surface area contributed by atoms with Gasteiger partial charge in [-0.25, -0.2) is 0 Å². The summed E-state index contributed by atoms with van der Waals surface area (Å²) in [6, 6.07) is 4.21. The first-order chi connectivity index (χ1) is 6.27. The summed E-state index contributed by atoms with van der Waals surface area (Å²) in [6.45, 7) is 3.23. The molecule has 1 nitrogen and oxygen atoms in total. The van der Waals surface area contributed by atoms with Crippen molar-refractivity contribution in [1.82, 2.24) is 0 Å². The summed E-state index contributed by atoms with van der Waals surface area (Å²) in [5, 5.41) is 4.36. The number of benzene rings is 1. The molecule has 1 aliphatic carbocycles. The maximum Gasteiger partial charge on any atom is 0.0455 e. The first-order valence-corrected chi connectivity index (χ1v) is 5.18. The molecule has 13 heavy (non-hydrogen) atoms. The molecule has 0 radical (unpaired) electrons. The summed E-state index contributed by atoms with van der Waals surface area (Å²) in [5.41, 5.74) is 3.99. The summed E-state index contributed by atoms with van der Waals surface area (Å²) >= 11 is 6.07. The Kier molecular flexibility index (Phi) is 1.43. The van der Waals surface area contributed by atoms with E-state index in [1.54, 1.807) is 0 Å². The summed E-state index contributed by atoms with van der Waals surface area (Å²) in [4.78, 5) is 0. The lowest BCUT2D eigenvalue weighted by molar-refractivity contribution is 0.814. The monoisotopic (exact) mass is 193 g/mol. The lowest BCUT2D eigenvalue weighted by atomic mass is 10.00. The normalized spacial score (nSPS) is 28.8. The molecule has 1 aromatic rings. The SMILES string of the molecule is Cc1c(Cl)ccc2c1NCC1CC21. The first kappa shape index (κ1) is 7.69. The number of hydrogen-bond donors (Lipinski definition) is 1. The average Bonchev–Trinajstić information content (AvgIpc) is 2.89. The van der Waals surface area contributed by atoms with Crippen molar-refractivity contribution >= 4 is 17.3 Å². The molecule has 1 saturated carbocycles. The fourth-order valence-corrected chi connectivity index (χ4v) is 2.50. The third-order valence-electron chi connectivity index (χ3n) is 3.29. The lowest BCUT2D eigenvalue weighted by Gasteiger charge is -2.20. The third kappa shape index (κ3) is 1.000. The maximum absolute atomic E-state index is 6.07. The second-order valence-electron chi connectivity index (χ2n) is 4.12. The molecule has 0 aromatic heterocycles. The van der Waals surface area contributed by atoms with Gasteiger partial charge in [0.2, 0.25) is 0 Å². The molecular formula is C11H12ClN. The standard InChI is InChI=1S/C11H12ClN/c1-6-10(12)3-2-8-9-4-7(9)5-13-11(6)8/h2-3,7,9,13H,4-5H2,1H3. The van der Waals surface area contributed by atoms with Crippen molar-refractivity contribution in [3.63, 3.8) is 0 Å². The minimum absolute atomic E-state index is 0.826. The van der Waals surface area contributed by atoms with Crippen LogP contribution in [-0.4, -0.2) is 6.54 Å². The van der Waals surface area contributed by atoms with Crippen molar-refractivity contribution in [2.45, 2.75) is 19.3 Å². The second-order valence-corrected chi connectivity index (χ2v) is 4.53. The van der Waals surface area contributed by atoms with E-state index in [1.165, 1.54) is 23.2 Å². The Morgan fingerprint density at radius 1 is 1.46 bits per heavy atom. The Hall–Kier alpha value is -0.690. The van der Waals surface area contributed by atoms with Gasteiger partial charge in [0.05, 0.1) is 0 Å². The molecule has 1 fully saturated rings. The van der Waals surface area contributed by atoms with Crippen LogP contribution >= 0.6 is 11.6 Å². The molecule has 68 valence electrons. The molecule has 1 heterocycles. The molecular weight excluding hydrogens is 182 g/mol. The van der Waals surface area contributed by atoms with E-state index in [0.717, 1.165) is 23.4 Å². The van der Waals surface area contributed by atoms with Crippen LogP contribution in [0.3, 0.4) is 0 Å². The Morgan fingerprint density at radius 3 is 3.15 bits per heavy atom. The average molecular weight is 194 g/mol. The lowest BCUT2D eigenvalue weighted by Crippen LogP contribution is -2.13. The Balaban J connectivity index is 2.19. The molecule has 0 spiro atoms. The minimum Gasteiger partial charge on any atom is -0.384 e. The zero-order chi connectivity index (χ0) is 9.00. The smallest absolute Gasteiger partial charge is 0.0455 e. The van der Waals surface area contributed by atoms with Gasteiger partial charge in [0.25, 0.3) is 0 Å². The number of rotatable bonds is 0. The highest BCUT2D eigenvalue weighted by atomic mass is 35.5. The highest BCUT2D eigenvalue weighted by molar-refractivity contribution is 6.31. The van der Waals surface area contributed by atoms with E-state index in [1.807, 2.05) is 6.07 Å². The molecule has 2 aliphatic rings. The van der Waals surface area contributed by atoms with E-state index >= 15 is 0 Å². The Bertz CT molecular complexity index is 373. The molecule has 1 aliphatic heterocycles. The first-order valence-electron chi connectivity index (χ1n) is 4.80. The maximum atomic E-state index is 6.07. The van der Waals surface area contributed by atoms with Crippen LogP contribution in [0.1, 0.15) is 23.5 Å². The highest BCUT2D eigenvalue weighted by Crippen LogP contribution is 2.53. The van der Waals surface area contributed by atoms with E-state index in [4.69, 9.17) is 11.6 Å². The topological polar surface area (TPSA) is 12.0 Å². The van der Waals surface area contributed by atoms with Crippen molar-refractivity contribution in [3.05, 3.63) is 28.3 Å². The third-order valence-corrected chi connectivity index (χ3v) is 3.70. The number of fused-ring (bicyclic) bond motifs is 3. The molecule has 1 N–H and O–H groups in total. The summed E-state index contributed by atoms with van der Waals surface area (Å²) in [6.07, 6.45) is 1.36. The van der Waals surface area contributed by atoms with Crippen molar-refractivity contribution < 1.29 is 0 Å². The van der Waals surface area contributed by atoms with Crippen LogP contribution in [0, 0.1) is 12.8 Å². The second kappa shape index (κ2) is 2.42. The molecule has 2 heteroatoms. The predicted octanol–water partition coefficient (Wildman–Crippen LogP) is 3.18. The molecule has 2 unspecified atom stereocenters. The van der Waals surface area contributed by atoms with E-state index in [-0.39, 0.29) is 0 Å². The fourth-order valence-electron chi connectivity index (χ4n) is 2.34. The zero-order valence-electron chi connectivity index (χ0n) is 7.60. The van der Waals surface area contributed by atoms with Crippen LogP contribution in [-0.2, 0) is 0 Å². The van der Waals surface area contributed by atoms with Gasteiger partial charge in [-0.3, -0.25) is 0 Å². The quantitative estimate of drug-likeness (QED) is 0.668. The van der Waals surface area contributed by atoms with Crippen LogP contribution in [0.5, 0.6) is 0 Å². The molecule has 0 amide bonds. The van der Waals surface area contributed by atoms with Crippen molar-refractivity contribution in [2.75, 3.05) is 11.9 Å². The highest BCUT2D eigenvalue weighted by Gasteiger charge is 2.42. The summed E-state index contributed by atoms with van der Waals surface area (Å²) < 4.78 is 0. The Labute approximate surface area is 83.1 Å². The number of anilines is 1. The van der Waals surface area contributed by atoms with Gasteiger partial charge in [-0.1, -0.05) is 17.7 Å². The van der Waals surface area contributed by atoms with E-state index in [9.17, 15) is 0 Å². The van der Waals surface area contributed by atoms with E-state index < -0.39 is 0 Å². The van der Waals surface area contributed by atoms with Gasteiger partial charge in [0.15, 0.2) is 0 Å². The fraction of sp³-hybridized carbons (Fsp3) is 0.455. The van der Waals surface area contributed by atoms with Gasteiger partial charge in [-0.05, 0) is 42.4 Å². The number of halogens is 1. The van der Waals surface area contributed by atoms with Crippen molar-refractivity contribution in [3.8, 4) is 0 Å². The van der Waals surface area contributed by atoms with Crippen LogP contribution in [0.25, 0.3) is 0 Å². The van der Waals surface area contributed by atoms with Crippen LogP contribution in [0.4, 0.5) is 5.69 Å². The number of nitrogens with one attached hydrogen (secondary N) is 1. The summed E-state index contributed by atoms with van der Waals surface area (Å²) in [5.74, 6) is 1.72. The molecule has 0 saturated heterocycles. The molecule has 1 aromatic carbocycles. The van der Waals surface area contributed by atoms with E-state index in [2.05, 4.69) is 18.3 Å². The number of hydrogen-bond acceptors (Lipinski definition) is 1. The van der Waals surface area contributed by atoms with Gasteiger partial charge in [0, 0.05) is 17.3 Å². The Morgan fingerprint density at radius 2 is 2.31 bits per heavy atom. The van der Waals surface area contributed by atoms with Gasteiger partial charge in [-0.15, -0.1) is 0 Å². The molecule has 0 bridgehead atoms. The van der Waals surface area contributed by atoms with Crippen molar-refractivity contribution in [1.29, 1.82) is 0 Å². The zero-order valence-corrected chi connectivity index (χ0v) is 8.36. The van der Waals surface area contributed by atoms with Crippen molar-refractivity contribution in [2.24, 2.45) is 5.92 Å². The predicted molar refractivity (Wildman–Crippen MR) is 55.5 cm³/mol. The summed E-state index contributed by atoms with van der Waals surface area (Å²) in [7, 11) is 0. The van der Waals surface area contributed by atoms with Crippen LogP contribution in [0.2, 0.25) is 5.02 Å². The van der Waals surface area contributed by atoms with Crippen LogP contribution in [0.15, 0.2) is 12.1 Å². The van der Waals surface area contributed by atoms with Crippen LogP contribution < -0.4 is 5.32 Å². The largest absolute Gasteiger partial charge is 0.384 e. The van der Waals surface area contributed by atoms with Gasteiger partial charge < -0.3 is 5.32 Å². The van der Waals surface area contributed by atoms with Gasteiger partial charge in [0.1, 0.15) is 0 Å². The minimum atomic E-state index is 0.826. The van der Waals surface area contributed by atoms with E-state index in [0.29, 0.717) is 0 Å². The van der Waals surface area contributed by atoms with Gasteiger partial charge in [-0.2, -0.15) is 0 Å².